The van der Waals surface area contributed by atoms with Gasteiger partial charge in [0.25, 0.3) is 0 Å². The molecular weight excluding hydrogens is 331 g/mol. The van der Waals surface area contributed by atoms with Crippen LogP contribution >= 0.6 is 23.2 Å². The molecule has 0 aliphatic heterocycles. The molecule has 0 radical (unpaired) electrons. The van der Waals surface area contributed by atoms with Gasteiger partial charge in [-0.05, 0) is 18.2 Å². The first-order chi connectivity index (χ1) is 10.4. The molecule has 1 aromatic heterocycles. The van der Waals surface area contributed by atoms with Gasteiger partial charge in [-0.15, -0.1) is 0 Å². The molecule has 116 valence electrons. The lowest BCUT2D eigenvalue weighted by Gasteiger charge is -2.16. The highest BCUT2D eigenvalue weighted by molar-refractivity contribution is 6.34. The van der Waals surface area contributed by atoms with E-state index in [1.54, 1.807) is 7.05 Å². The summed E-state index contributed by atoms with van der Waals surface area (Å²) in [5, 5.41) is 4.50. The summed E-state index contributed by atoms with van der Waals surface area (Å²) >= 11 is 11.8. The predicted octanol–water partition coefficient (Wildman–Crippen LogP) is 2.80. The molecule has 2 aromatic rings. The van der Waals surface area contributed by atoms with Crippen LogP contribution in [-0.4, -0.2) is 28.8 Å². The summed E-state index contributed by atoms with van der Waals surface area (Å²) in [5.41, 5.74) is 0.533. The number of methoxy groups -OCH3 is 1. The Labute approximate surface area is 136 Å². The normalized spacial score (nSPS) is 11.8. The van der Waals surface area contributed by atoms with Crippen LogP contribution in [-0.2, 0) is 21.3 Å². The summed E-state index contributed by atoms with van der Waals surface area (Å²) in [5.74, 6) is -1.45. The van der Waals surface area contributed by atoms with E-state index in [0.29, 0.717) is 15.6 Å². The fourth-order valence-corrected chi connectivity index (χ4v) is 2.33. The van der Waals surface area contributed by atoms with Crippen LogP contribution in [0.15, 0.2) is 30.6 Å². The molecule has 0 amide bonds. The van der Waals surface area contributed by atoms with Gasteiger partial charge in [0.05, 0.1) is 18.9 Å². The molecule has 0 aliphatic rings. The molecule has 0 aliphatic carbocycles. The summed E-state index contributed by atoms with van der Waals surface area (Å²) in [6.45, 7) is 0. The second-order valence-corrected chi connectivity index (χ2v) is 5.29. The Balaban J connectivity index is 2.30. The molecule has 8 heteroatoms. The molecule has 0 bridgehead atoms. The third-order valence-corrected chi connectivity index (χ3v) is 3.20. The van der Waals surface area contributed by atoms with Crippen molar-refractivity contribution in [1.82, 2.24) is 9.78 Å². The monoisotopic (exact) mass is 342 g/mol. The Morgan fingerprint density at radius 2 is 1.86 bits per heavy atom. The van der Waals surface area contributed by atoms with Crippen molar-refractivity contribution in [3.8, 4) is 0 Å². The van der Waals surface area contributed by atoms with Crippen molar-refractivity contribution in [2.75, 3.05) is 7.11 Å². The number of carbonyl (C=O) groups excluding carboxylic acids is 2. The number of carbonyl (C=O) groups is 2. The molecule has 2 rings (SSSR count). The maximum absolute atomic E-state index is 12.1. The zero-order valence-corrected chi connectivity index (χ0v) is 13.3. The van der Waals surface area contributed by atoms with Gasteiger partial charge in [-0.1, -0.05) is 23.2 Å². The summed E-state index contributed by atoms with van der Waals surface area (Å²) in [7, 11) is 2.85. The Bertz CT molecular complexity index is 694. The fraction of sp³-hybridized carbons (Fsp3) is 0.214. The Hall–Kier alpha value is -2.05. The van der Waals surface area contributed by atoms with Crippen molar-refractivity contribution in [1.29, 1.82) is 0 Å². The van der Waals surface area contributed by atoms with Crippen LogP contribution < -0.4 is 0 Å². The van der Waals surface area contributed by atoms with Gasteiger partial charge in [0.2, 0.25) is 6.10 Å². The van der Waals surface area contributed by atoms with Crippen LogP contribution in [0.4, 0.5) is 0 Å². The first kappa shape index (κ1) is 16.3. The summed E-state index contributed by atoms with van der Waals surface area (Å²) in [6, 6.07) is 4.46. The number of aromatic nitrogens is 2. The lowest BCUT2D eigenvalue weighted by Crippen LogP contribution is -2.21. The second kappa shape index (κ2) is 6.81. The Kier molecular flexibility index (Phi) is 5.05. The highest BCUT2D eigenvalue weighted by Crippen LogP contribution is 2.27. The highest BCUT2D eigenvalue weighted by Gasteiger charge is 2.27. The van der Waals surface area contributed by atoms with E-state index in [1.165, 1.54) is 42.4 Å². The topological polar surface area (TPSA) is 70.4 Å². The number of benzene rings is 1. The van der Waals surface area contributed by atoms with Crippen molar-refractivity contribution < 1.29 is 19.1 Å². The van der Waals surface area contributed by atoms with Crippen LogP contribution in [0.25, 0.3) is 0 Å². The van der Waals surface area contributed by atoms with Gasteiger partial charge in [-0.25, -0.2) is 9.59 Å². The molecular formula is C14H12Cl2N2O4. The standard InChI is InChI=1S/C14H12Cl2N2O4/c1-18-7-9(6-17-18)13(19)22-12(14(20)21-2)8-3-10(15)5-11(16)4-8/h3-7,12H,1-2H3/t12-/m0/s1. The quantitative estimate of drug-likeness (QED) is 0.799. The third-order valence-electron chi connectivity index (χ3n) is 2.77. The number of esters is 2. The number of halogens is 2. The second-order valence-electron chi connectivity index (χ2n) is 4.41. The number of aryl methyl sites for hydroxylation is 1. The lowest BCUT2D eigenvalue weighted by atomic mass is 10.1. The zero-order valence-electron chi connectivity index (χ0n) is 11.7. The molecule has 0 saturated heterocycles. The SMILES string of the molecule is COC(=O)[C@@H](OC(=O)c1cnn(C)c1)c1cc(Cl)cc(Cl)c1. The fourth-order valence-electron chi connectivity index (χ4n) is 1.79. The number of rotatable bonds is 4. The summed E-state index contributed by atoms with van der Waals surface area (Å²) in [6.07, 6.45) is 1.54. The van der Waals surface area contributed by atoms with E-state index in [-0.39, 0.29) is 5.56 Å². The minimum atomic E-state index is -1.27. The minimum absolute atomic E-state index is 0.213. The van der Waals surface area contributed by atoms with Crippen molar-refractivity contribution in [3.05, 3.63) is 51.8 Å². The van der Waals surface area contributed by atoms with Gasteiger partial charge < -0.3 is 9.47 Å². The van der Waals surface area contributed by atoms with Crippen LogP contribution in [0.2, 0.25) is 10.0 Å². The average Bonchev–Trinajstić information content (AvgIpc) is 2.89. The smallest absolute Gasteiger partial charge is 0.351 e. The van der Waals surface area contributed by atoms with Gasteiger partial charge in [0.1, 0.15) is 0 Å². The van der Waals surface area contributed by atoms with Crippen molar-refractivity contribution >= 4 is 35.1 Å². The number of hydrogen-bond acceptors (Lipinski definition) is 5. The molecule has 1 heterocycles. The summed E-state index contributed by atoms with van der Waals surface area (Å²) in [4.78, 5) is 24.0. The molecule has 0 spiro atoms. The largest absolute Gasteiger partial charge is 0.466 e. The first-order valence-corrected chi connectivity index (χ1v) is 6.89. The average molecular weight is 343 g/mol. The maximum atomic E-state index is 12.1. The van der Waals surface area contributed by atoms with E-state index >= 15 is 0 Å². The van der Waals surface area contributed by atoms with Gasteiger partial charge in [0, 0.05) is 28.9 Å². The van der Waals surface area contributed by atoms with Crippen molar-refractivity contribution in [3.63, 3.8) is 0 Å². The van der Waals surface area contributed by atoms with Crippen LogP contribution in [0.1, 0.15) is 22.0 Å². The van der Waals surface area contributed by atoms with Gasteiger partial charge in [-0.3, -0.25) is 4.68 Å². The third kappa shape index (κ3) is 3.78. The molecule has 0 unspecified atom stereocenters. The first-order valence-electron chi connectivity index (χ1n) is 6.14. The van der Waals surface area contributed by atoms with Gasteiger partial charge >= 0.3 is 11.9 Å². The highest BCUT2D eigenvalue weighted by atomic mass is 35.5. The van der Waals surface area contributed by atoms with Gasteiger partial charge in [0.15, 0.2) is 0 Å². The zero-order chi connectivity index (χ0) is 16.3. The lowest BCUT2D eigenvalue weighted by molar-refractivity contribution is -0.151. The molecule has 1 aromatic carbocycles. The van der Waals surface area contributed by atoms with E-state index in [4.69, 9.17) is 27.9 Å². The number of nitrogens with zero attached hydrogens (tertiary/aromatic N) is 2. The molecule has 0 saturated carbocycles. The molecule has 6 nitrogen and oxygen atoms in total. The predicted molar refractivity (Wildman–Crippen MR) is 79.8 cm³/mol. The van der Waals surface area contributed by atoms with E-state index < -0.39 is 18.0 Å². The van der Waals surface area contributed by atoms with Gasteiger partial charge in [-0.2, -0.15) is 5.10 Å². The molecule has 1 atom stereocenters. The molecule has 0 fully saturated rings. The number of ether oxygens (including phenoxy) is 2. The maximum Gasteiger partial charge on any atom is 0.351 e. The Morgan fingerprint density at radius 1 is 1.23 bits per heavy atom. The summed E-state index contributed by atoms with van der Waals surface area (Å²) < 4.78 is 11.3. The number of hydrogen-bond donors (Lipinski definition) is 0. The minimum Gasteiger partial charge on any atom is -0.466 e. The van der Waals surface area contributed by atoms with E-state index in [1.807, 2.05) is 0 Å². The van der Waals surface area contributed by atoms with Crippen LogP contribution in [0.5, 0.6) is 0 Å². The van der Waals surface area contributed by atoms with Crippen molar-refractivity contribution in [2.45, 2.75) is 6.10 Å². The Morgan fingerprint density at radius 3 is 2.36 bits per heavy atom. The van der Waals surface area contributed by atoms with E-state index in [9.17, 15) is 9.59 Å². The van der Waals surface area contributed by atoms with Crippen LogP contribution in [0.3, 0.4) is 0 Å². The van der Waals surface area contributed by atoms with E-state index in [2.05, 4.69) is 9.84 Å². The van der Waals surface area contributed by atoms with Crippen LogP contribution in [0, 0.1) is 0 Å². The van der Waals surface area contributed by atoms with E-state index in [0.717, 1.165) is 0 Å². The molecule has 0 N–H and O–H groups in total. The molecule has 22 heavy (non-hydrogen) atoms. The van der Waals surface area contributed by atoms with Crippen molar-refractivity contribution in [2.24, 2.45) is 7.05 Å².